The largest absolute Gasteiger partial charge is 0.490 e. The third-order valence-electron chi connectivity index (χ3n) is 3.93. The number of halogens is 1. The lowest BCUT2D eigenvalue weighted by Gasteiger charge is -2.31. The standard InChI is InChI=1S/C20H28ClNO4/c1-20(2,3)26-19(23)22-9-7-15(8-10-22)13-16-5-6-17(21)18(14-16)25-12-11-24-4/h5-6,13-14H,7-12H2,1-4H3. The summed E-state index contributed by atoms with van der Waals surface area (Å²) in [6, 6.07) is 5.75. The van der Waals surface area contributed by atoms with E-state index in [1.54, 1.807) is 12.0 Å². The first-order valence-corrected chi connectivity index (χ1v) is 9.25. The summed E-state index contributed by atoms with van der Waals surface area (Å²) in [5.74, 6) is 0.657. The number of nitrogens with zero attached hydrogens (tertiary/aromatic N) is 1. The van der Waals surface area contributed by atoms with Crippen molar-refractivity contribution in [1.82, 2.24) is 4.90 Å². The predicted octanol–water partition coefficient (Wildman–Crippen LogP) is 4.78. The van der Waals surface area contributed by atoms with Crippen LogP contribution in [0.2, 0.25) is 5.02 Å². The summed E-state index contributed by atoms with van der Waals surface area (Å²) in [5, 5.41) is 0.586. The first kappa shape index (κ1) is 20.6. The van der Waals surface area contributed by atoms with Crippen LogP contribution in [-0.4, -0.2) is 50.0 Å². The molecule has 0 unspecified atom stereocenters. The van der Waals surface area contributed by atoms with E-state index in [-0.39, 0.29) is 6.09 Å². The molecule has 2 rings (SSSR count). The van der Waals surface area contributed by atoms with Crippen LogP contribution in [0.4, 0.5) is 4.79 Å². The van der Waals surface area contributed by atoms with E-state index in [2.05, 4.69) is 6.08 Å². The smallest absolute Gasteiger partial charge is 0.410 e. The zero-order chi connectivity index (χ0) is 19.2. The highest BCUT2D eigenvalue weighted by Crippen LogP contribution is 2.28. The molecule has 1 amide bonds. The molecular weight excluding hydrogens is 354 g/mol. The summed E-state index contributed by atoms with van der Waals surface area (Å²) in [6.07, 6.45) is 3.58. The number of methoxy groups -OCH3 is 1. The van der Waals surface area contributed by atoms with E-state index >= 15 is 0 Å². The molecule has 0 aliphatic carbocycles. The Balaban J connectivity index is 1.95. The van der Waals surface area contributed by atoms with Crippen molar-refractivity contribution in [2.75, 3.05) is 33.4 Å². The Morgan fingerprint density at radius 1 is 1.23 bits per heavy atom. The van der Waals surface area contributed by atoms with E-state index < -0.39 is 5.60 Å². The molecule has 6 heteroatoms. The molecule has 1 heterocycles. The molecule has 0 N–H and O–H groups in total. The number of carbonyl (C=O) groups excluding carboxylic acids is 1. The van der Waals surface area contributed by atoms with Gasteiger partial charge in [-0.3, -0.25) is 0 Å². The number of piperidine rings is 1. The van der Waals surface area contributed by atoms with Crippen molar-refractivity contribution in [1.29, 1.82) is 0 Å². The molecule has 1 aromatic rings. The number of rotatable bonds is 5. The number of hydrogen-bond donors (Lipinski definition) is 0. The Labute approximate surface area is 160 Å². The van der Waals surface area contributed by atoms with Crippen LogP contribution in [0, 0.1) is 0 Å². The molecule has 26 heavy (non-hydrogen) atoms. The highest BCUT2D eigenvalue weighted by Gasteiger charge is 2.24. The molecule has 0 spiro atoms. The zero-order valence-electron chi connectivity index (χ0n) is 16.0. The van der Waals surface area contributed by atoms with Gasteiger partial charge in [0.1, 0.15) is 18.0 Å². The van der Waals surface area contributed by atoms with Gasteiger partial charge in [-0.05, 0) is 51.3 Å². The van der Waals surface area contributed by atoms with E-state index in [1.807, 2.05) is 39.0 Å². The zero-order valence-corrected chi connectivity index (χ0v) is 16.8. The van der Waals surface area contributed by atoms with E-state index in [4.69, 9.17) is 25.8 Å². The third kappa shape index (κ3) is 6.54. The molecule has 144 valence electrons. The summed E-state index contributed by atoms with van der Waals surface area (Å²) < 4.78 is 16.1. The minimum Gasteiger partial charge on any atom is -0.490 e. The maximum Gasteiger partial charge on any atom is 0.410 e. The maximum absolute atomic E-state index is 12.1. The Hall–Kier alpha value is -1.72. The van der Waals surface area contributed by atoms with Crippen LogP contribution in [0.5, 0.6) is 5.75 Å². The van der Waals surface area contributed by atoms with Gasteiger partial charge in [-0.15, -0.1) is 0 Å². The normalized spacial score (nSPS) is 15.0. The summed E-state index contributed by atoms with van der Waals surface area (Å²) in [7, 11) is 1.63. The molecule has 0 bridgehead atoms. The quantitative estimate of drug-likeness (QED) is 0.688. The average Bonchev–Trinajstić information content (AvgIpc) is 2.57. The Kier molecular flexibility index (Phi) is 7.35. The lowest BCUT2D eigenvalue weighted by molar-refractivity contribution is 0.0237. The average molecular weight is 382 g/mol. The van der Waals surface area contributed by atoms with Crippen LogP contribution in [-0.2, 0) is 9.47 Å². The number of likely N-dealkylation sites (tertiary alicyclic amines) is 1. The van der Waals surface area contributed by atoms with Gasteiger partial charge in [0.25, 0.3) is 0 Å². The highest BCUT2D eigenvalue weighted by atomic mass is 35.5. The number of carbonyl (C=O) groups is 1. The van der Waals surface area contributed by atoms with Crippen molar-refractivity contribution in [3.8, 4) is 5.75 Å². The molecule has 5 nitrogen and oxygen atoms in total. The van der Waals surface area contributed by atoms with Crippen molar-refractivity contribution in [3.05, 3.63) is 34.4 Å². The van der Waals surface area contributed by atoms with E-state index in [0.717, 1.165) is 18.4 Å². The molecule has 0 aromatic heterocycles. The van der Waals surface area contributed by atoms with Gasteiger partial charge in [0.05, 0.1) is 11.6 Å². The molecule has 0 radical (unpaired) electrons. The van der Waals surface area contributed by atoms with Gasteiger partial charge in [-0.2, -0.15) is 0 Å². The molecular formula is C20H28ClNO4. The fourth-order valence-corrected chi connectivity index (χ4v) is 2.81. The number of benzene rings is 1. The molecule has 1 saturated heterocycles. The van der Waals surface area contributed by atoms with Gasteiger partial charge >= 0.3 is 6.09 Å². The molecule has 0 atom stereocenters. The fourth-order valence-electron chi connectivity index (χ4n) is 2.64. The predicted molar refractivity (Wildman–Crippen MR) is 104 cm³/mol. The van der Waals surface area contributed by atoms with Crippen LogP contribution in [0.3, 0.4) is 0 Å². The third-order valence-corrected chi connectivity index (χ3v) is 4.24. The lowest BCUT2D eigenvalue weighted by Crippen LogP contribution is -2.40. The molecule has 0 saturated carbocycles. The molecule has 1 aliphatic heterocycles. The van der Waals surface area contributed by atoms with Crippen molar-refractivity contribution in [3.63, 3.8) is 0 Å². The maximum atomic E-state index is 12.1. The summed E-state index contributed by atoms with van der Waals surface area (Å²) in [4.78, 5) is 13.9. The van der Waals surface area contributed by atoms with Crippen LogP contribution in [0.1, 0.15) is 39.2 Å². The molecule has 1 fully saturated rings. The van der Waals surface area contributed by atoms with Gasteiger partial charge in [-0.25, -0.2) is 4.79 Å². The SMILES string of the molecule is COCCOc1cc(C=C2CCN(C(=O)OC(C)(C)C)CC2)ccc1Cl. The monoisotopic (exact) mass is 381 g/mol. The Bertz CT molecular complexity index is 642. The van der Waals surface area contributed by atoms with Gasteiger partial charge in [0.2, 0.25) is 0 Å². The second-order valence-corrected chi connectivity index (χ2v) is 7.71. The van der Waals surface area contributed by atoms with Gasteiger partial charge in [-0.1, -0.05) is 29.3 Å². The fraction of sp³-hybridized carbons (Fsp3) is 0.550. The number of hydrogen-bond acceptors (Lipinski definition) is 4. The van der Waals surface area contributed by atoms with Crippen LogP contribution in [0.15, 0.2) is 23.8 Å². The minimum atomic E-state index is -0.463. The van der Waals surface area contributed by atoms with Crippen LogP contribution in [0.25, 0.3) is 6.08 Å². The minimum absolute atomic E-state index is 0.239. The number of ether oxygens (including phenoxy) is 3. The van der Waals surface area contributed by atoms with Crippen LogP contribution >= 0.6 is 11.6 Å². The van der Waals surface area contributed by atoms with E-state index in [1.165, 1.54) is 5.57 Å². The second kappa shape index (κ2) is 9.28. The lowest BCUT2D eigenvalue weighted by atomic mass is 10.0. The second-order valence-electron chi connectivity index (χ2n) is 7.30. The molecule has 1 aliphatic rings. The Morgan fingerprint density at radius 2 is 1.92 bits per heavy atom. The van der Waals surface area contributed by atoms with E-state index in [9.17, 15) is 4.79 Å². The van der Waals surface area contributed by atoms with Crippen molar-refractivity contribution in [2.24, 2.45) is 0 Å². The Morgan fingerprint density at radius 3 is 2.54 bits per heavy atom. The van der Waals surface area contributed by atoms with Crippen LogP contribution < -0.4 is 4.74 Å². The van der Waals surface area contributed by atoms with E-state index in [0.29, 0.717) is 37.1 Å². The summed E-state index contributed by atoms with van der Waals surface area (Å²) >= 11 is 6.18. The van der Waals surface area contributed by atoms with Gasteiger partial charge < -0.3 is 19.1 Å². The molecule has 1 aromatic carbocycles. The van der Waals surface area contributed by atoms with Crippen molar-refractivity contribution < 1.29 is 19.0 Å². The summed E-state index contributed by atoms with van der Waals surface area (Å²) in [6.45, 7) is 7.97. The first-order valence-electron chi connectivity index (χ1n) is 8.87. The number of amides is 1. The van der Waals surface area contributed by atoms with Crippen molar-refractivity contribution >= 4 is 23.8 Å². The van der Waals surface area contributed by atoms with Gasteiger partial charge in [0, 0.05) is 20.2 Å². The van der Waals surface area contributed by atoms with Crippen molar-refractivity contribution in [2.45, 2.75) is 39.2 Å². The first-order chi connectivity index (χ1) is 12.3. The summed E-state index contributed by atoms with van der Waals surface area (Å²) in [5.41, 5.74) is 1.88. The van der Waals surface area contributed by atoms with Gasteiger partial charge in [0.15, 0.2) is 0 Å². The highest BCUT2D eigenvalue weighted by molar-refractivity contribution is 6.32. The topological polar surface area (TPSA) is 48.0 Å².